The summed E-state index contributed by atoms with van der Waals surface area (Å²) in [4.78, 5) is 10.6. The zero-order chi connectivity index (χ0) is 13.1. The molecule has 0 saturated heterocycles. The summed E-state index contributed by atoms with van der Waals surface area (Å²) in [6, 6.07) is 8.50. The molecule has 0 atom stereocenters. The van der Waals surface area contributed by atoms with Crippen LogP contribution in [0.3, 0.4) is 0 Å². The molecule has 0 aliphatic rings. The van der Waals surface area contributed by atoms with Crippen LogP contribution in [-0.4, -0.2) is 21.3 Å². The Labute approximate surface area is 104 Å². The van der Waals surface area contributed by atoms with Gasteiger partial charge in [-0.3, -0.25) is 0 Å². The number of hydrogen-bond donors (Lipinski definition) is 1. The van der Waals surface area contributed by atoms with Crippen LogP contribution >= 0.6 is 0 Å². The van der Waals surface area contributed by atoms with E-state index in [2.05, 4.69) is 10.2 Å². The molecule has 0 amide bonds. The second-order valence-electron chi connectivity index (χ2n) is 3.91. The highest BCUT2D eigenvalue weighted by Gasteiger charge is 2.06. The van der Waals surface area contributed by atoms with Gasteiger partial charge in [-0.05, 0) is 43.2 Å². The molecule has 5 heteroatoms. The molecular formula is C13H12N2O3. The maximum absolute atomic E-state index is 10.6. The highest BCUT2D eigenvalue weighted by Crippen LogP contribution is 2.21. The Bertz CT molecular complexity index is 579. The maximum Gasteiger partial charge on any atom is 0.356 e. The molecule has 0 fully saturated rings. The average Bonchev–Trinajstić information content (AvgIpc) is 2.34. The predicted octanol–water partition coefficient (Wildman–Crippen LogP) is 2.58. The zero-order valence-corrected chi connectivity index (χ0v) is 10.0. The number of rotatable bonds is 3. The summed E-state index contributed by atoms with van der Waals surface area (Å²) in [5, 5.41) is 15.9. The van der Waals surface area contributed by atoms with Crippen LogP contribution in [0, 0.1) is 13.8 Å². The van der Waals surface area contributed by atoms with Gasteiger partial charge in [-0.2, -0.15) is 0 Å². The van der Waals surface area contributed by atoms with Gasteiger partial charge in [-0.1, -0.05) is 6.07 Å². The SMILES string of the molecule is Cc1ccc(Oc2ccc(C(=O)O)nn2)cc1C. The van der Waals surface area contributed by atoms with Gasteiger partial charge in [0.2, 0.25) is 5.88 Å². The van der Waals surface area contributed by atoms with Crippen LogP contribution in [0.2, 0.25) is 0 Å². The summed E-state index contributed by atoms with van der Waals surface area (Å²) in [7, 11) is 0. The second-order valence-corrected chi connectivity index (χ2v) is 3.91. The first kappa shape index (κ1) is 12.0. The van der Waals surface area contributed by atoms with Crippen LogP contribution < -0.4 is 4.74 Å². The first-order valence-corrected chi connectivity index (χ1v) is 5.38. The van der Waals surface area contributed by atoms with Gasteiger partial charge in [-0.15, -0.1) is 10.2 Å². The van der Waals surface area contributed by atoms with Crippen molar-refractivity contribution >= 4 is 5.97 Å². The van der Waals surface area contributed by atoms with E-state index in [1.807, 2.05) is 32.0 Å². The Morgan fingerprint density at radius 3 is 2.44 bits per heavy atom. The highest BCUT2D eigenvalue weighted by molar-refractivity contribution is 5.84. The Balaban J connectivity index is 2.18. The molecule has 0 aliphatic carbocycles. The van der Waals surface area contributed by atoms with Crippen LogP contribution in [0.15, 0.2) is 30.3 Å². The largest absolute Gasteiger partial charge is 0.476 e. The average molecular weight is 244 g/mol. The minimum Gasteiger partial charge on any atom is -0.476 e. The van der Waals surface area contributed by atoms with Crippen LogP contribution in [0.1, 0.15) is 21.6 Å². The van der Waals surface area contributed by atoms with Crippen molar-refractivity contribution < 1.29 is 14.6 Å². The number of carbonyl (C=O) groups is 1. The standard InChI is InChI=1S/C13H12N2O3/c1-8-3-4-10(7-9(8)2)18-12-6-5-11(13(16)17)14-15-12/h3-7H,1-2H3,(H,16,17). The lowest BCUT2D eigenvalue weighted by molar-refractivity contribution is 0.0689. The maximum atomic E-state index is 10.6. The molecular weight excluding hydrogens is 232 g/mol. The summed E-state index contributed by atoms with van der Waals surface area (Å²) in [6.07, 6.45) is 0. The van der Waals surface area contributed by atoms with Gasteiger partial charge in [0.25, 0.3) is 0 Å². The minimum atomic E-state index is -1.11. The molecule has 18 heavy (non-hydrogen) atoms. The quantitative estimate of drug-likeness (QED) is 0.898. The van der Waals surface area contributed by atoms with E-state index in [0.29, 0.717) is 5.75 Å². The molecule has 5 nitrogen and oxygen atoms in total. The van der Waals surface area contributed by atoms with Gasteiger partial charge in [0.05, 0.1) is 0 Å². The van der Waals surface area contributed by atoms with E-state index in [0.717, 1.165) is 5.56 Å². The van der Waals surface area contributed by atoms with E-state index in [1.54, 1.807) is 0 Å². The Morgan fingerprint density at radius 2 is 1.89 bits per heavy atom. The van der Waals surface area contributed by atoms with E-state index in [4.69, 9.17) is 9.84 Å². The molecule has 0 aliphatic heterocycles. The van der Waals surface area contributed by atoms with Crippen LogP contribution in [0.4, 0.5) is 0 Å². The third kappa shape index (κ3) is 2.63. The van der Waals surface area contributed by atoms with Gasteiger partial charge in [-0.25, -0.2) is 4.79 Å². The summed E-state index contributed by atoms with van der Waals surface area (Å²) in [6.45, 7) is 4.00. The first-order chi connectivity index (χ1) is 8.56. The molecule has 2 aromatic rings. The summed E-state index contributed by atoms with van der Waals surface area (Å²) < 4.78 is 5.48. The zero-order valence-electron chi connectivity index (χ0n) is 10.0. The third-order valence-electron chi connectivity index (χ3n) is 2.56. The smallest absolute Gasteiger partial charge is 0.356 e. The molecule has 1 N–H and O–H groups in total. The number of carboxylic acid groups (broad SMARTS) is 1. The normalized spacial score (nSPS) is 10.1. The Morgan fingerprint density at radius 1 is 1.11 bits per heavy atom. The first-order valence-electron chi connectivity index (χ1n) is 5.38. The number of carboxylic acids is 1. The Kier molecular flexibility index (Phi) is 3.23. The van der Waals surface area contributed by atoms with Crippen molar-refractivity contribution in [2.75, 3.05) is 0 Å². The Hall–Kier alpha value is -2.43. The molecule has 2 rings (SSSR count). The fraction of sp³-hybridized carbons (Fsp3) is 0.154. The molecule has 1 aromatic heterocycles. The fourth-order valence-corrected chi connectivity index (χ4v) is 1.39. The van der Waals surface area contributed by atoms with Gasteiger partial charge < -0.3 is 9.84 Å². The summed E-state index contributed by atoms with van der Waals surface area (Å²) in [5.74, 6) is -0.195. The molecule has 1 heterocycles. The molecule has 0 bridgehead atoms. The summed E-state index contributed by atoms with van der Waals surface area (Å²) >= 11 is 0. The molecule has 0 saturated carbocycles. The minimum absolute atomic E-state index is 0.109. The monoisotopic (exact) mass is 244 g/mol. The number of ether oxygens (including phenoxy) is 1. The third-order valence-corrected chi connectivity index (χ3v) is 2.56. The van der Waals surface area contributed by atoms with Gasteiger partial charge in [0, 0.05) is 6.07 Å². The van der Waals surface area contributed by atoms with Crippen molar-refractivity contribution in [2.45, 2.75) is 13.8 Å². The van der Waals surface area contributed by atoms with Gasteiger partial charge in [0.1, 0.15) is 5.75 Å². The molecule has 0 radical (unpaired) electrons. The van der Waals surface area contributed by atoms with E-state index >= 15 is 0 Å². The molecule has 0 spiro atoms. The van der Waals surface area contributed by atoms with Crippen molar-refractivity contribution in [1.29, 1.82) is 0 Å². The van der Waals surface area contributed by atoms with Crippen LogP contribution in [0.25, 0.3) is 0 Å². The van der Waals surface area contributed by atoms with E-state index in [1.165, 1.54) is 17.7 Å². The lowest BCUT2D eigenvalue weighted by atomic mass is 10.1. The van der Waals surface area contributed by atoms with Gasteiger partial charge >= 0.3 is 5.97 Å². The number of aryl methyl sites for hydroxylation is 2. The number of benzene rings is 1. The molecule has 92 valence electrons. The molecule has 0 unspecified atom stereocenters. The van der Waals surface area contributed by atoms with Crippen LogP contribution in [-0.2, 0) is 0 Å². The van der Waals surface area contributed by atoms with Crippen molar-refractivity contribution in [3.05, 3.63) is 47.2 Å². The predicted molar refractivity (Wildman–Crippen MR) is 65.0 cm³/mol. The fourth-order valence-electron chi connectivity index (χ4n) is 1.39. The number of hydrogen-bond acceptors (Lipinski definition) is 4. The number of aromatic nitrogens is 2. The van der Waals surface area contributed by atoms with Crippen molar-refractivity contribution in [3.63, 3.8) is 0 Å². The van der Waals surface area contributed by atoms with Crippen LogP contribution in [0.5, 0.6) is 11.6 Å². The molecule has 1 aromatic carbocycles. The van der Waals surface area contributed by atoms with Crippen molar-refractivity contribution in [3.8, 4) is 11.6 Å². The lowest BCUT2D eigenvalue weighted by Gasteiger charge is -2.06. The lowest BCUT2D eigenvalue weighted by Crippen LogP contribution is -2.02. The van der Waals surface area contributed by atoms with E-state index < -0.39 is 5.97 Å². The van der Waals surface area contributed by atoms with Crippen molar-refractivity contribution in [2.24, 2.45) is 0 Å². The van der Waals surface area contributed by atoms with E-state index in [9.17, 15) is 4.79 Å². The van der Waals surface area contributed by atoms with Gasteiger partial charge in [0.15, 0.2) is 5.69 Å². The van der Waals surface area contributed by atoms with Crippen molar-refractivity contribution in [1.82, 2.24) is 10.2 Å². The second kappa shape index (κ2) is 4.83. The van der Waals surface area contributed by atoms with E-state index in [-0.39, 0.29) is 11.6 Å². The topological polar surface area (TPSA) is 72.3 Å². The summed E-state index contributed by atoms with van der Waals surface area (Å²) in [5.41, 5.74) is 2.18. The number of aromatic carboxylic acids is 1. The number of nitrogens with zero attached hydrogens (tertiary/aromatic N) is 2. The highest BCUT2D eigenvalue weighted by atomic mass is 16.5.